The number of nitrogens with zero attached hydrogens (tertiary/aromatic N) is 1. The summed E-state index contributed by atoms with van der Waals surface area (Å²) in [7, 11) is -3.10. The quantitative estimate of drug-likeness (QED) is 0.358. The Hall–Kier alpha value is -1.12. The maximum absolute atomic E-state index is 11.0. The second-order valence-corrected chi connectivity index (χ2v) is 7.90. The van der Waals surface area contributed by atoms with Crippen molar-refractivity contribution < 1.29 is 8.42 Å². The summed E-state index contributed by atoms with van der Waals surface area (Å²) >= 11 is 1.75. The summed E-state index contributed by atoms with van der Waals surface area (Å²) in [6.07, 6.45) is 1.87. The molecule has 22 heavy (non-hydrogen) atoms. The molecule has 1 aromatic heterocycles. The molecule has 8 heteroatoms. The zero-order valence-electron chi connectivity index (χ0n) is 13.4. The summed E-state index contributed by atoms with van der Waals surface area (Å²) < 4.78 is 24.4. The van der Waals surface area contributed by atoms with Crippen LogP contribution < -0.4 is 15.4 Å². The highest BCUT2D eigenvalue weighted by Crippen LogP contribution is 2.20. The van der Waals surface area contributed by atoms with Crippen LogP contribution >= 0.6 is 11.3 Å². The first-order valence-corrected chi connectivity index (χ1v) is 10.2. The maximum atomic E-state index is 11.0. The van der Waals surface area contributed by atoms with Crippen LogP contribution in [0.3, 0.4) is 0 Å². The first-order chi connectivity index (χ1) is 10.4. The Bertz CT molecular complexity index is 541. The fourth-order valence-corrected chi connectivity index (χ4v) is 3.08. The van der Waals surface area contributed by atoms with Gasteiger partial charge < -0.3 is 10.6 Å². The van der Waals surface area contributed by atoms with E-state index in [1.165, 1.54) is 4.88 Å². The minimum absolute atomic E-state index is 0.391. The molecule has 0 aliphatic carbocycles. The van der Waals surface area contributed by atoms with Gasteiger partial charge in [0.2, 0.25) is 10.0 Å². The molecule has 0 saturated heterocycles. The van der Waals surface area contributed by atoms with E-state index in [1.54, 1.807) is 11.3 Å². The Kier molecular flexibility index (Phi) is 8.44. The number of aliphatic imine (C=N–C) groups is 1. The Balaban J connectivity index is 2.35. The van der Waals surface area contributed by atoms with Crippen LogP contribution in [-0.2, 0) is 10.0 Å². The van der Waals surface area contributed by atoms with E-state index in [1.807, 2.05) is 6.92 Å². The highest BCUT2D eigenvalue weighted by atomic mass is 32.2. The lowest BCUT2D eigenvalue weighted by Gasteiger charge is -2.13. The summed E-state index contributed by atoms with van der Waals surface area (Å²) in [6, 6.07) is 4.18. The SMILES string of the molecule is CCNC(=NCC(C)c1cccs1)NCCCNS(C)(=O)=O. The van der Waals surface area contributed by atoms with Crippen LogP contribution in [0, 0.1) is 0 Å². The summed E-state index contributed by atoms with van der Waals surface area (Å²) in [5.41, 5.74) is 0. The van der Waals surface area contributed by atoms with Gasteiger partial charge in [0.1, 0.15) is 0 Å². The van der Waals surface area contributed by atoms with Gasteiger partial charge in [0.25, 0.3) is 0 Å². The van der Waals surface area contributed by atoms with Crippen molar-refractivity contribution in [3.8, 4) is 0 Å². The van der Waals surface area contributed by atoms with E-state index >= 15 is 0 Å². The van der Waals surface area contributed by atoms with E-state index < -0.39 is 10.0 Å². The van der Waals surface area contributed by atoms with Crippen molar-refractivity contribution in [3.63, 3.8) is 0 Å². The molecule has 0 aromatic carbocycles. The largest absolute Gasteiger partial charge is 0.357 e. The second kappa shape index (κ2) is 9.81. The minimum atomic E-state index is -3.10. The highest BCUT2D eigenvalue weighted by Gasteiger charge is 2.06. The Morgan fingerprint density at radius 2 is 2.14 bits per heavy atom. The molecule has 0 aliphatic heterocycles. The molecule has 0 fully saturated rings. The van der Waals surface area contributed by atoms with Crippen LogP contribution in [0.25, 0.3) is 0 Å². The topological polar surface area (TPSA) is 82.6 Å². The van der Waals surface area contributed by atoms with Crippen LogP contribution in [0.1, 0.15) is 31.1 Å². The first-order valence-electron chi connectivity index (χ1n) is 7.42. The average molecular weight is 347 g/mol. The molecule has 0 amide bonds. The number of hydrogen-bond acceptors (Lipinski definition) is 4. The predicted molar refractivity (Wildman–Crippen MR) is 94.2 cm³/mol. The standard InChI is InChI=1S/C14H26N4O2S2/c1-4-15-14(16-8-6-9-18-22(3,19)20)17-11-12(2)13-7-5-10-21-13/h5,7,10,12,18H,4,6,8-9,11H2,1-3H3,(H2,15,16,17). The third-order valence-electron chi connectivity index (χ3n) is 2.91. The molecular weight excluding hydrogens is 320 g/mol. The Morgan fingerprint density at radius 1 is 1.36 bits per heavy atom. The van der Waals surface area contributed by atoms with Gasteiger partial charge >= 0.3 is 0 Å². The molecule has 0 spiro atoms. The van der Waals surface area contributed by atoms with Crippen molar-refractivity contribution in [2.45, 2.75) is 26.2 Å². The maximum Gasteiger partial charge on any atom is 0.208 e. The van der Waals surface area contributed by atoms with Gasteiger partial charge in [-0.25, -0.2) is 13.1 Å². The molecule has 1 atom stereocenters. The number of nitrogens with one attached hydrogen (secondary N) is 3. The number of hydrogen-bond donors (Lipinski definition) is 3. The lowest BCUT2D eigenvalue weighted by molar-refractivity contribution is 0.584. The molecule has 6 nitrogen and oxygen atoms in total. The van der Waals surface area contributed by atoms with Crippen molar-refractivity contribution in [1.82, 2.24) is 15.4 Å². The number of thiophene rings is 1. The van der Waals surface area contributed by atoms with E-state index in [-0.39, 0.29) is 0 Å². The van der Waals surface area contributed by atoms with Crippen molar-refractivity contribution in [2.75, 3.05) is 32.4 Å². The normalized spacial score (nSPS) is 13.9. The molecule has 0 radical (unpaired) electrons. The first kappa shape index (κ1) is 18.9. The fourth-order valence-electron chi connectivity index (χ4n) is 1.78. The molecule has 126 valence electrons. The fraction of sp³-hybridized carbons (Fsp3) is 0.643. The molecule has 3 N–H and O–H groups in total. The molecular formula is C14H26N4O2S2. The van der Waals surface area contributed by atoms with Crippen LogP contribution in [0.15, 0.2) is 22.5 Å². The zero-order chi connectivity index (χ0) is 16.4. The van der Waals surface area contributed by atoms with Gasteiger partial charge in [0.15, 0.2) is 5.96 Å². The highest BCUT2D eigenvalue weighted by molar-refractivity contribution is 7.88. The van der Waals surface area contributed by atoms with E-state index in [9.17, 15) is 8.42 Å². The monoisotopic (exact) mass is 346 g/mol. The van der Waals surface area contributed by atoms with Crippen molar-refractivity contribution in [1.29, 1.82) is 0 Å². The number of rotatable bonds is 9. The lowest BCUT2D eigenvalue weighted by atomic mass is 10.1. The molecule has 1 unspecified atom stereocenters. The third kappa shape index (κ3) is 8.35. The molecule has 0 bridgehead atoms. The van der Waals surface area contributed by atoms with Crippen molar-refractivity contribution in [2.24, 2.45) is 4.99 Å². The second-order valence-electron chi connectivity index (χ2n) is 5.08. The van der Waals surface area contributed by atoms with E-state index in [2.05, 4.69) is 44.8 Å². The molecule has 0 aliphatic rings. The molecule has 1 aromatic rings. The Morgan fingerprint density at radius 3 is 2.73 bits per heavy atom. The van der Waals surface area contributed by atoms with Gasteiger partial charge in [-0.15, -0.1) is 11.3 Å². The summed E-state index contributed by atoms with van der Waals surface area (Å²) in [4.78, 5) is 5.91. The third-order valence-corrected chi connectivity index (χ3v) is 4.74. The summed E-state index contributed by atoms with van der Waals surface area (Å²) in [5.74, 6) is 1.16. The summed E-state index contributed by atoms with van der Waals surface area (Å²) in [6.45, 7) is 6.79. The van der Waals surface area contributed by atoms with Gasteiger partial charge in [-0.3, -0.25) is 4.99 Å². The smallest absolute Gasteiger partial charge is 0.208 e. The van der Waals surface area contributed by atoms with E-state index in [4.69, 9.17) is 0 Å². The predicted octanol–water partition coefficient (Wildman–Crippen LogP) is 1.35. The minimum Gasteiger partial charge on any atom is -0.357 e. The zero-order valence-corrected chi connectivity index (χ0v) is 15.1. The summed E-state index contributed by atoms with van der Waals surface area (Å²) in [5, 5.41) is 8.49. The number of guanidine groups is 1. The van der Waals surface area contributed by atoms with Crippen molar-refractivity contribution >= 4 is 27.3 Å². The van der Waals surface area contributed by atoms with Gasteiger partial charge in [0, 0.05) is 30.4 Å². The van der Waals surface area contributed by atoms with Crippen LogP contribution in [-0.4, -0.2) is 46.8 Å². The van der Waals surface area contributed by atoms with Crippen LogP contribution in [0.4, 0.5) is 0 Å². The van der Waals surface area contributed by atoms with Gasteiger partial charge in [-0.2, -0.15) is 0 Å². The average Bonchev–Trinajstić information content (AvgIpc) is 2.96. The van der Waals surface area contributed by atoms with Crippen molar-refractivity contribution in [3.05, 3.63) is 22.4 Å². The van der Waals surface area contributed by atoms with Gasteiger partial charge in [0.05, 0.1) is 12.8 Å². The van der Waals surface area contributed by atoms with E-state index in [0.29, 0.717) is 25.4 Å². The molecule has 1 heterocycles. The molecule has 1 rings (SSSR count). The lowest BCUT2D eigenvalue weighted by Crippen LogP contribution is -2.39. The Labute approximate surface area is 137 Å². The molecule has 0 saturated carbocycles. The van der Waals surface area contributed by atoms with Gasteiger partial charge in [-0.1, -0.05) is 13.0 Å². The van der Waals surface area contributed by atoms with Gasteiger partial charge in [-0.05, 0) is 24.8 Å². The van der Waals surface area contributed by atoms with E-state index in [0.717, 1.165) is 25.3 Å². The van der Waals surface area contributed by atoms with Crippen LogP contribution in [0.5, 0.6) is 0 Å². The number of sulfonamides is 1. The van der Waals surface area contributed by atoms with Crippen LogP contribution in [0.2, 0.25) is 0 Å².